The Morgan fingerprint density at radius 3 is 2.06 bits per heavy atom. The lowest BCUT2D eigenvalue weighted by atomic mass is 10.2. The molecule has 156 valence electrons. The van der Waals surface area contributed by atoms with E-state index in [1.54, 1.807) is 24.3 Å². The number of nitro benzene ring substituents is 3. The van der Waals surface area contributed by atoms with Gasteiger partial charge in [-0.15, -0.1) is 0 Å². The molecule has 0 aliphatic rings. The number of nitrogens with zero attached hydrogens (tertiary/aromatic N) is 4. The van der Waals surface area contributed by atoms with Crippen LogP contribution in [-0.4, -0.2) is 21.0 Å². The first-order valence-corrected chi connectivity index (χ1v) is 8.91. The normalized spacial score (nSPS) is 10.7. The van der Waals surface area contributed by atoms with Crippen LogP contribution in [0.2, 0.25) is 5.02 Å². The number of nitrogens with one attached hydrogen (secondary N) is 1. The van der Waals surface area contributed by atoms with E-state index >= 15 is 0 Å². The molecular formula is C19H12ClN5O6. The minimum absolute atomic E-state index is 0.0430. The number of anilines is 2. The van der Waals surface area contributed by atoms with Crippen molar-refractivity contribution >= 4 is 51.9 Å². The van der Waals surface area contributed by atoms with E-state index in [0.717, 1.165) is 12.1 Å². The molecule has 0 aliphatic carbocycles. The molecule has 12 heteroatoms. The molecule has 0 atom stereocenters. The van der Waals surface area contributed by atoms with Gasteiger partial charge < -0.3 is 5.32 Å². The number of nitro groups is 3. The SMILES string of the molecule is O=[N+]([O-])c1ccc(C=Nc2ccccc2Nc2cc(Cl)c([N+](=O)[O-])cc2[N+](=O)[O-])cc1. The second-order valence-electron chi connectivity index (χ2n) is 6.08. The van der Waals surface area contributed by atoms with Crippen LogP contribution in [0, 0.1) is 30.3 Å². The number of non-ortho nitro benzene ring substituents is 1. The third-order valence-corrected chi connectivity index (χ3v) is 4.39. The van der Waals surface area contributed by atoms with Crippen LogP contribution in [0.1, 0.15) is 5.56 Å². The Kier molecular flexibility index (Phi) is 6.17. The minimum Gasteiger partial charge on any atom is -0.348 e. The fraction of sp³-hybridized carbons (Fsp3) is 0. The van der Waals surface area contributed by atoms with Gasteiger partial charge in [0.1, 0.15) is 10.7 Å². The van der Waals surface area contributed by atoms with E-state index in [4.69, 9.17) is 11.6 Å². The molecule has 11 nitrogen and oxygen atoms in total. The number of para-hydroxylation sites is 2. The van der Waals surface area contributed by atoms with Crippen molar-refractivity contribution < 1.29 is 14.8 Å². The van der Waals surface area contributed by atoms with Crippen LogP contribution >= 0.6 is 11.6 Å². The average molecular weight is 442 g/mol. The summed E-state index contributed by atoms with van der Waals surface area (Å²) in [6.07, 6.45) is 1.47. The van der Waals surface area contributed by atoms with Crippen LogP contribution in [0.5, 0.6) is 0 Å². The van der Waals surface area contributed by atoms with Crippen LogP contribution in [0.15, 0.2) is 65.7 Å². The van der Waals surface area contributed by atoms with Gasteiger partial charge in [0.25, 0.3) is 17.1 Å². The first-order valence-electron chi connectivity index (χ1n) is 8.53. The molecule has 0 spiro atoms. The molecule has 0 bridgehead atoms. The number of benzene rings is 3. The van der Waals surface area contributed by atoms with E-state index in [-0.39, 0.29) is 16.4 Å². The van der Waals surface area contributed by atoms with Crippen molar-refractivity contribution in [1.29, 1.82) is 0 Å². The van der Waals surface area contributed by atoms with Crippen LogP contribution < -0.4 is 5.32 Å². The Bertz CT molecular complexity index is 1210. The van der Waals surface area contributed by atoms with Gasteiger partial charge in [0, 0.05) is 18.3 Å². The van der Waals surface area contributed by atoms with E-state index in [2.05, 4.69) is 10.3 Å². The lowest BCUT2D eigenvalue weighted by molar-refractivity contribution is -0.393. The highest BCUT2D eigenvalue weighted by Crippen LogP contribution is 2.38. The lowest BCUT2D eigenvalue weighted by Crippen LogP contribution is -2.00. The maximum Gasteiger partial charge on any atom is 0.299 e. The summed E-state index contributed by atoms with van der Waals surface area (Å²) in [6, 6.07) is 14.3. The second-order valence-corrected chi connectivity index (χ2v) is 6.49. The van der Waals surface area contributed by atoms with Crippen LogP contribution in [0.4, 0.5) is 34.1 Å². The largest absolute Gasteiger partial charge is 0.348 e. The van der Waals surface area contributed by atoms with Gasteiger partial charge in [0.15, 0.2) is 0 Å². The van der Waals surface area contributed by atoms with Gasteiger partial charge in [-0.25, -0.2) is 0 Å². The third kappa shape index (κ3) is 4.97. The first kappa shape index (κ1) is 21.3. The van der Waals surface area contributed by atoms with E-state index in [1.807, 2.05) is 0 Å². The second kappa shape index (κ2) is 8.97. The molecule has 0 saturated carbocycles. The zero-order valence-corrected chi connectivity index (χ0v) is 16.2. The van der Waals surface area contributed by atoms with Crippen LogP contribution in [-0.2, 0) is 0 Å². The fourth-order valence-electron chi connectivity index (χ4n) is 2.61. The molecule has 3 aromatic carbocycles. The van der Waals surface area contributed by atoms with Crippen LogP contribution in [0.25, 0.3) is 0 Å². The summed E-state index contributed by atoms with van der Waals surface area (Å²) in [5.41, 5.74) is 0.192. The van der Waals surface area contributed by atoms with Crippen molar-refractivity contribution in [2.45, 2.75) is 0 Å². The summed E-state index contributed by atoms with van der Waals surface area (Å²) < 4.78 is 0. The fourth-order valence-corrected chi connectivity index (χ4v) is 2.84. The summed E-state index contributed by atoms with van der Waals surface area (Å²) in [5, 5.41) is 35.7. The Morgan fingerprint density at radius 1 is 0.806 bits per heavy atom. The predicted molar refractivity (Wildman–Crippen MR) is 115 cm³/mol. The summed E-state index contributed by atoms with van der Waals surface area (Å²) in [7, 11) is 0. The molecule has 0 fully saturated rings. The monoisotopic (exact) mass is 441 g/mol. The first-order chi connectivity index (χ1) is 14.8. The molecule has 0 radical (unpaired) electrons. The van der Waals surface area contributed by atoms with Crippen molar-refractivity contribution in [2.75, 3.05) is 5.32 Å². The quantitative estimate of drug-likeness (QED) is 0.286. The van der Waals surface area contributed by atoms with Gasteiger partial charge in [0.05, 0.1) is 32.2 Å². The number of hydrogen-bond donors (Lipinski definition) is 1. The Labute approximate surface area is 179 Å². The van der Waals surface area contributed by atoms with Crippen molar-refractivity contribution in [1.82, 2.24) is 0 Å². The molecule has 0 saturated heterocycles. The highest BCUT2D eigenvalue weighted by molar-refractivity contribution is 6.33. The summed E-state index contributed by atoms with van der Waals surface area (Å²) >= 11 is 5.90. The maximum atomic E-state index is 11.4. The van der Waals surface area contributed by atoms with E-state index in [9.17, 15) is 30.3 Å². The summed E-state index contributed by atoms with van der Waals surface area (Å²) in [6.45, 7) is 0. The van der Waals surface area contributed by atoms with Gasteiger partial charge in [-0.3, -0.25) is 35.3 Å². The number of hydrogen-bond acceptors (Lipinski definition) is 8. The molecule has 0 aromatic heterocycles. The molecule has 3 aromatic rings. The molecule has 0 unspecified atom stereocenters. The number of rotatable bonds is 7. The van der Waals surface area contributed by atoms with Gasteiger partial charge in [-0.05, 0) is 35.9 Å². The molecule has 0 aliphatic heterocycles. The van der Waals surface area contributed by atoms with Gasteiger partial charge >= 0.3 is 0 Å². The van der Waals surface area contributed by atoms with Gasteiger partial charge in [-0.1, -0.05) is 23.7 Å². The standard InChI is InChI=1S/C19H12ClN5O6/c20-14-9-17(19(25(30)31)10-18(14)24(28)29)22-16-4-2-1-3-15(16)21-11-12-5-7-13(8-6-12)23(26)27/h1-11,22H. The molecule has 0 amide bonds. The average Bonchev–Trinajstić information content (AvgIpc) is 2.73. The van der Waals surface area contributed by atoms with Crippen molar-refractivity contribution in [3.8, 4) is 0 Å². The Morgan fingerprint density at radius 2 is 1.45 bits per heavy atom. The zero-order valence-electron chi connectivity index (χ0n) is 15.5. The number of aliphatic imine (C=N–C) groups is 1. The maximum absolute atomic E-state index is 11.4. The highest BCUT2D eigenvalue weighted by atomic mass is 35.5. The predicted octanol–water partition coefficient (Wildman–Crippen LogP) is 5.56. The van der Waals surface area contributed by atoms with E-state index < -0.39 is 26.1 Å². The molecule has 0 heterocycles. The smallest absolute Gasteiger partial charge is 0.299 e. The van der Waals surface area contributed by atoms with Gasteiger partial charge in [-0.2, -0.15) is 0 Å². The Balaban J connectivity index is 1.94. The van der Waals surface area contributed by atoms with E-state index in [1.165, 1.54) is 30.5 Å². The van der Waals surface area contributed by atoms with Crippen LogP contribution in [0.3, 0.4) is 0 Å². The molecular weight excluding hydrogens is 430 g/mol. The topological polar surface area (TPSA) is 154 Å². The summed E-state index contributed by atoms with van der Waals surface area (Å²) in [4.78, 5) is 35.4. The van der Waals surface area contributed by atoms with Gasteiger partial charge in [0.2, 0.25) is 0 Å². The Hall–Kier alpha value is -4.38. The highest BCUT2D eigenvalue weighted by Gasteiger charge is 2.24. The zero-order chi connectivity index (χ0) is 22.5. The molecule has 31 heavy (non-hydrogen) atoms. The molecule has 1 N–H and O–H groups in total. The van der Waals surface area contributed by atoms with Crippen molar-refractivity contribution in [2.24, 2.45) is 4.99 Å². The summed E-state index contributed by atoms with van der Waals surface area (Å²) in [5.74, 6) is 0. The van der Waals surface area contributed by atoms with Crippen molar-refractivity contribution in [3.63, 3.8) is 0 Å². The van der Waals surface area contributed by atoms with Crippen molar-refractivity contribution in [3.05, 3.63) is 102 Å². The minimum atomic E-state index is -0.804. The van der Waals surface area contributed by atoms with E-state index in [0.29, 0.717) is 16.9 Å². The molecule has 3 rings (SSSR count). The number of halogens is 1. The third-order valence-electron chi connectivity index (χ3n) is 4.09. The lowest BCUT2D eigenvalue weighted by Gasteiger charge is -2.10.